The quantitative estimate of drug-likeness (QED) is 0.705. The Morgan fingerprint density at radius 3 is 2.78 bits per heavy atom. The fourth-order valence-electron chi connectivity index (χ4n) is 2.05. The van der Waals surface area contributed by atoms with E-state index < -0.39 is 0 Å². The Labute approximate surface area is 109 Å². The zero-order chi connectivity index (χ0) is 12.5. The van der Waals surface area contributed by atoms with Crippen LogP contribution < -0.4 is 0 Å². The van der Waals surface area contributed by atoms with Crippen molar-refractivity contribution in [3.63, 3.8) is 0 Å². The Kier molecular flexibility index (Phi) is 2.65. The van der Waals surface area contributed by atoms with Crippen LogP contribution in [-0.2, 0) is 0 Å². The molecule has 88 valence electrons. The van der Waals surface area contributed by atoms with Gasteiger partial charge in [0.1, 0.15) is 5.75 Å². The molecule has 0 fully saturated rings. The third kappa shape index (κ3) is 1.81. The summed E-state index contributed by atoms with van der Waals surface area (Å²) in [5.74, 6) is 0.0994. The maximum Gasteiger partial charge on any atom is 0.134 e. The van der Waals surface area contributed by atoms with E-state index in [-0.39, 0.29) is 5.75 Å². The Balaban J connectivity index is 2.28. The van der Waals surface area contributed by atoms with Crippen molar-refractivity contribution in [2.75, 3.05) is 0 Å². The molecule has 3 heteroatoms. The molecule has 0 atom stereocenters. The maximum atomic E-state index is 9.46. The van der Waals surface area contributed by atoms with Crippen LogP contribution in [0.2, 0.25) is 5.02 Å². The van der Waals surface area contributed by atoms with Gasteiger partial charge >= 0.3 is 0 Å². The van der Waals surface area contributed by atoms with E-state index in [0.29, 0.717) is 5.02 Å². The van der Waals surface area contributed by atoms with Crippen LogP contribution in [0.15, 0.2) is 54.9 Å². The molecule has 0 aliphatic heterocycles. The molecule has 1 N–H and O–H groups in total. The van der Waals surface area contributed by atoms with E-state index >= 15 is 0 Å². The first kappa shape index (κ1) is 11.1. The monoisotopic (exact) mass is 255 g/mol. The minimum Gasteiger partial charge on any atom is -0.506 e. The van der Waals surface area contributed by atoms with Gasteiger partial charge < -0.3 is 5.11 Å². The molecular formula is C15H10ClNO. The lowest BCUT2D eigenvalue weighted by molar-refractivity contribution is 0.475. The molecule has 1 heterocycles. The predicted octanol–water partition coefficient (Wildman–Crippen LogP) is 4.26. The van der Waals surface area contributed by atoms with Gasteiger partial charge in [-0.15, -0.1) is 0 Å². The zero-order valence-corrected chi connectivity index (χ0v) is 10.2. The number of aromatic nitrogens is 1. The standard InChI is InChI=1S/C15H10ClNO/c16-14-8-10(4-5-15(14)18)12-3-1-2-11-9-17-7-6-13(11)12/h1-9,18H. The number of pyridine rings is 1. The largest absolute Gasteiger partial charge is 0.506 e. The fourth-order valence-corrected chi connectivity index (χ4v) is 2.23. The molecule has 0 aliphatic carbocycles. The SMILES string of the molecule is Oc1ccc(-c2cccc3cnccc23)cc1Cl. The lowest BCUT2D eigenvalue weighted by Crippen LogP contribution is -1.82. The van der Waals surface area contributed by atoms with Crippen LogP contribution in [0.4, 0.5) is 0 Å². The van der Waals surface area contributed by atoms with Crippen molar-refractivity contribution in [2.45, 2.75) is 0 Å². The van der Waals surface area contributed by atoms with E-state index in [2.05, 4.69) is 4.98 Å². The average Bonchev–Trinajstić information content (AvgIpc) is 2.41. The van der Waals surface area contributed by atoms with Crippen molar-refractivity contribution in [1.82, 2.24) is 4.98 Å². The molecule has 2 aromatic carbocycles. The second-order valence-electron chi connectivity index (χ2n) is 4.07. The average molecular weight is 256 g/mol. The van der Waals surface area contributed by atoms with Crippen molar-refractivity contribution in [3.8, 4) is 16.9 Å². The molecule has 0 aliphatic rings. The van der Waals surface area contributed by atoms with E-state index in [1.165, 1.54) is 0 Å². The van der Waals surface area contributed by atoms with Crippen LogP contribution in [0, 0.1) is 0 Å². The molecule has 0 saturated carbocycles. The van der Waals surface area contributed by atoms with Gasteiger partial charge in [0.05, 0.1) is 5.02 Å². The summed E-state index contributed by atoms with van der Waals surface area (Å²) < 4.78 is 0. The highest BCUT2D eigenvalue weighted by Crippen LogP contribution is 2.32. The molecule has 1 aromatic heterocycles. The van der Waals surface area contributed by atoms with Crippen LogP contribution in [0.5, 0.6) is 5.75 Å². The van der Waals surface area contributed by atoms with Crippen molar-refractivity contribution in [3.05, 3.63) is 59.9 Å². The molecule has 0 amide bonds. The molecule has 0 saturated heterocycles. The summed E-state index contributed by atoms with van der Waals surface area (Å²) >= 11 is 5.95. The van der Waals surface area contributed by atoms with Gasteiger partial charge in [0, 0.05) is 17.8 Å². The molecule has 0 unspecified atom stereocenters. The lowest BCUT2D eigenvalue weighted by atomic mass is 9.99. The Bertz CT molecular complexity index is 719. The van der Waals surface area contributed by atoms with Crippen LogP contribution >= 0.6 is 11.6 Å². The van der Waals surface area contributed by atoms with Gasteiger partial charge in [-0.3, -0.25) is 4.98 Å². The first-order valence-electron chi connectivity index (χ1n) is 5.57. The number of rotatable bonds is 1. The molecule has 0 bridgehead atoms. The summed E-state index contributed by atoms with van der Waals surface area (Å²) in [6.45, 7) is 0. The van der Waals surface area contributed by atoms with Gasteiger partial charge in [0.15, 0.2) is 0 Å². The number of halogens is 1. The molecule has 3 aromatic rings. The number of aromatic hydroxyl groups is 1. The maximum absolute atomic E-state index is 9.46. The predicted molar refractivity (Wildman–Crippen MR) is 73.9 cm³/mol. The molecule has 2 nitrogen and oxygen atoms in total. The van der Waals surface area contributed by atoms with Crippen molar-refractivity contribution in [1.29, 1.82) is 0 Å². The topological polar surface area (TPSA) is 33.1 Å². The number of fused-ring (bicyclic) bond motifs is 1. The van der Waals surface area contributed by atoms with Gasteiger partial charge in [-0.1, -0.05) is 35.9 Å². The number of nitrogens with zero attached hydrogens (tertiary/aromatic N) is 1. The minimum atomic E-state index is 0.0994. The molecule has 18 heavy (non-hydrogen) atoms. The van der Waals surface area contributed by atoms with Crippen molar-refractivity contribution < 1.29 is 5.11 Å². The minimum absolute atomic E-state index is 0.0994. The first-order valence-corrected chi connectivity index (χ1v) is 5.95. The third-order valence-corrected chi connectivity index (χ3v) is 3.24. The molecular weight excluding hydrogens is 246 g/mol. The van der Waals surface area contributed by atoms with E-state index in [9.17, 15) is 5.11 Å². The molecule has 3 rings (SSSR count). The highest BCUT2D eigenvalue weighted by molar-refractivity contribution is 6.32. The van der Waals surface area contributed by atoms with Gasteiger partial charge in [-0.2, -0.15) is 0 Å². The second-order valence-corrected chi connectivity index (χ2v) is 4.48. The summed E-state index contributed by atoms with van der Waals surface area (Å²) in [6.07, 6.45) is 3.61. The van der Waals surface area contributed by atoms with Gasteiger partial charge in [-0.05, 0) is 34.7 Å². The smallest absolute Gasteiger partial charge is 0.134 e. The Morgan fingerprint density at radius 1 is 1.06 bits per heavy atom. The third-order valence-electron chi connectivity index (χ3n) is 2.94. The summed E-state index contributed by atoms with van der Waals surface area (Å²) in [6, 6.07) is 13.3. The van der Waals surface area contributed by atoms with E-state index in [0.717, 1.165) is 21.9 Å². The highest BCUT2D eigenvalue weighted by Gasteiger charge is 2.06. The zero-order valence-electron chi connectivity index (χ0n) is 9.47. The Morgan fingerprint density at radius 2 is 1.94 bits per heavy atom. The van der Waals surface area contributed by atoms with Gasteiger partial charge in [-0.25, -0.2) is 0 Å². The van der Waals surface area contributed by atoms with Gasteiger partial charge in [0.2, 0.25) is 0 Å². The van der Waals surface area contributed by atoms with Crippen molar-refractivity contribution in [2.24, 2.45) is 0 Å². The summed E-state index contributed by atoms with van der Waals surface area (Å²) in [5, 5.41) is 12.0. The molecule has 0 radical (unpaired) electrons. The van der Waals surface area contributed by atoms with E-state index in [1.54, 1.807) is 18.3 Å². The van der Waals surface area contributed by atoms with Crippen LogP contribution in [0.25, 0.3) is 21.9 Å². The van der Waals surface area contributed by atoms with E-state index in [4.69, 9.17) is 11.6 Å². The van der Waals surface area contributed by atoms with Crippen LogP contribution in [0.3, 0.4) is 0 Å². The Hall–Kier alpha value is -2.06. The van der Waals surface area contributed by atoms with Crippen molar-refractivity contribution >= 4 is 22.4 Å². The number of benzene rings is 2. The first-order chi connectivity index (χ1) is 8.75. The number of phenolic OH excluding ortho intramolecular Hbond substituents is 1. The number of phenols is 1. The van der Waals surface area contributed by atoms with Gasteiger partial charge in [0.25, 0.3) is 0 Å². The normalized spacial score (nSPS) is 10.7. The fraction of sp³-hybridized carbons (Fsp3) is 0. The molecule has 0 spiro atoms. The lowest BCUT2D eigenvalue weighted by Gasteiger charge is -2.07. The van der Waals surface area contributed by atoms with Crippen LogP contribution in [-0.4, -0.2) is 10.1 Å². The summed E-state index contributed by atoms with van der Waals surface area (Å²) in [5.41, 5.74) is 2.06. The summed E-state index contributed by atoms with van der Waals surface area (Å²) in [4.78, 5) is 4.11. The van der Waals surface area contributed by atoms with Crippen LogP contribution in [0.1, 0.15) is 0 Å². The highest BCUT2D eigenvalue weighted by atomic mass is 35.5. The number of hydrogen-bond donors (Lipinski definition) is 1. The summed E-state index contributed by atoms with van der Waals surface area (Å²) in [7, 11) is 0. The van der Waals surface area contributed by atoms with E-state index in [1.807, 2.05) is 36.5 Å². The second kappa shape index (κ2) is 4.31. The number of hydrogen-bond acceptors (Lipinski definition) is 2.